The molecule has 0 saturated carbocycles. The van der Waals surface area contributed by atoms with E-state index in [0.29, 0.717) is 0 Å². The summed E-state index contributed by atoms with van der Waals surface area (Å²) >= 11 is 0. The first-order valence-electron chi connectivity index (χ1n) is 36.8. The Morgan fingerprint density at radius 2 is 0.298 bits per heavy atom. The Hall–Kier alpha value is -11.7. The fourth-order valence-electron chi connectivity index (χ4n) is 18.2. The van der Waals surface area contributed by atoms with Crippen molar-refractivity contribution >= 4 is 43.6 Å². The molecule has 3 aromatic heterocycles. The highest BCUT2D eigenvalue weighted by Gasteiger charge is 2.29. The molecule has 0 aliphatic carbocycles. The van der Waals surface area contributed by atoms with Crippen LogP contribution < -0.4 is 0 Å². The Morgan fingerprint density at radius 1 is 0.163 bits per heavy atom. The van der Waals surface area contributed by atoms with Gasteiger partial charge >= 0.3 is 0 Å². The SMILES string of the molecule is Cc1cccc(C)c1-c1cc2c(cc1-c1c(C)cccc1C)-c1cc3[nH]c(cc4nc(cc5[nH]c(cc-2n1)c1cc(-c2c(C)cccc2C)c(-c2c(C)cccc2C)cc51)-c1cc(-c2c(C)cccc2C)c(-c2c(C)cccc2C)cc1-4)c1cc(-c2c(C)cccc2C)c(-c2c(C)cccc2C)cc31. The molecule has 0 unspecified atom stereocenters. The minimum atomic E-state index is 0.883. The van der Waals surface area contributed by atoms with Crippen molar-refractivity contribution in [2.75, 3.05) is 0 Å². The maximum atomic E-state index is 6.03. The molecule has 12 aromatic carbocycles. The van der Waals surface area contributed by atoms with Crippen molar-refractivity contribution in [1.82, 2.24) is 19.9 Å². The van der Waals surface area contributed by atoms with Crippen molar-refractivity contribution in [3.63, 3.8) is 0 Å². The lowest BCUT2D eigenvalue weighted by Crippen LogP contribution is -1.96. The molecule has 5 heterocycles. The first-order chi connectivity index (χ1) is 50.2. The zero-order valence-electron chi connectivity index (χ0n) is 62.7. The van der Waals surface area contributed by atoms with Crippen molar-refractivity contribution < 1.29 is 0 Å². The molecule has 0 amide bonds. The van der Waals surface area contributed by atoms with Crippen LogP contribution in [0.1, 0.15) is 89.0 Å². The van der Waals surface area contributed by atoms with Crippen LogP contribution in [0.25, 0.3) is 178 Å². The molecule has 0 radical (unpaired) electrons. The van der Waals surface area contributed by atoms with Gasteiger partial charge in [0.15, 0.2) is 0 Å². The van der Waals surface area contributed by atoms with Gasteiger partial charge in [-0.25, -0.2) is 9.97 Å². The zero-order chi connectivity index (χ0) is 72.0. The number of fused-ring (bicyclic) bond motifs is 20. The number of hydrogen-bond acceptors (Lipinski definition) is 2. The molecule has 104 heavy (non-hydrogen) atoms. The predicted molar refractivity (Wildman–Crippen MR) is 444 cm³/mol. The number of aryl methyl sites for hydroxylation is 16. The molecular weight excluding hydrogens is 1260 g/mol. The molecule has 2 aliphatic rings. The molecule has 2 aliphatic heterocycles. The molecule has 2 N–H and O–H groups in total. The smallest absolute Gasteiger partial charge is 0.0737 e. The fraction of sp³-hybridized carbons (Fsp3) is 0.160. The van der Waals surface area contributed by atoms with Gasteiger partial charge in [-0.1, -0.05) is 146 Å². The first kappa shape index (κ1) is 65.6. The second kappa shape index (κ2) is 25.1. The molecule has 0 atom stereocenters. The Morgan fingerprint density at radius 3 is 0.442 bits per heavy atom. The highest BCUT2D eigenvalue weighted by molar-refractivity contribution is 6.16. The molecule has 0 fully saturated rings. The number of hydrogen-bond donors (Lipinski definition) is 2. The summed E-state index contributed by atoms with van der Waals surface area (Å²) in [4.78, 5) is 20.5. The second-order valence-electron chi connectivity index (χ2n) is 30.2. The summed E-state index contributed by atoms with van der Waals surface area (Å²) in [7, 11) is 0. The van der Waals surface area contributed by atoms with Crippen LogP contribution in [-0.4, -0.2) is 19.9 Å². The fourth-order valence-corrected chi connectivity index (χ4v) is 18.2. The van der Waals surface area contributed by atoms with Gasteiger partial charge in [0.2, 0.25) is 0 Å². The molecule has 8 bridgehead atoms. The summed E-state index contributed by atoms with van der Waals surface area (Å²) in [5, 5.41) is 4.41. The van der Waals surface area contributed by atoms with Gasteiger partial charge in [-0.05, 0) is 362 Å². The van der Waals surface area contributed by atoms with E-state index in [9.17, 15) is 0 Å². The summed E-state index contributed by atoms with van der Waals surface area (Å²) in [5.74, 6) is 0. The summed E-state index contributed by atoms with van der Waals surface area (Å²) in [6, 6.07) is 82.9. The standard InChI is InChI=1S/C100H86N4/c1-53-25-17-26-54(2)93(53)77-41-69-70(42-78(77)94-55(3)27-18-28-56(94)4)86-50-88-73-45-81(97-61(9)33-21-34-62(97)10)82(98-63(11)35-22-36-64(98)12)46-74(73)90(103-88)52-92-76-48-84(100-67(15)39-24-40-68(100)16)83(99-65(13)37-23-38-66(99)14)47-75(76)91(104-92)51-89-72-44-80(96-59(7)31-20-32-60(96)8)79(95-57(5)29-19-30-58(95)6)43-71(72)87(102-89)49-85(69)101-86/h17-52,101,104H,1-16H3. The summed E-state index contributed by atoms with van der Waals surface area (Å²) in [5.41, 5.74) is 50.9. The molecule has 0 saturated heterocycles. The minimum Gasteiger partial charge on any atom is -0.354 e. The minimum absolute atomic E-state index is 0.883. The van der Waals surface area contributed by atoms with E-state index >= 15 is 0 Å². The molecular formula is C100H86N4. The van der Waals surface area contributed by atoms with Crippen LogP contribution in [0.4, 0.5) is 0 Å². The average Bonchev–Trinajstić information content (AvgIpc) is 1.54. The third-order valence-corrected chi connectivity index (χ3v) is 23.0. The van der Waals surface area contributed by atoms with Gasteiger partial charge in [-0.2, -0.15) is 0 Å². The molecule has 17 rings (SSSR count). The van der Waals surface area contributed by atoms with Gasteiger partial charge < -0.3 is 9.97 Å². The number of aromatic nitrogens is 4. The summed E-state index contributed by atoms with van der Waals surface area (Å²) in [6.07, 6.45) is 0. The Bertz CT molecular complexity index is 5490. The number of aromatic amines is 2. The number of benzene rings is 12. The van der Waals surface area contributed by atoms with Crippen LogP contribution >= 0.6 is 0 Å². The van der Waals surface area contributed by atoms with Gasteiger partial charge in [-0.15, -0.1) is 0 Å². The Kier molecular flexibility index (Phi) is 15.8. The predicted octanol–water partition coefficient (Wildman–Crippen LogP) is 27.6. The lowest BCUT2D eigenvalue weighted by atomic mass is 9.83. The normalized spacial score (nSPS) is 11.8. The van der Waals surface area contributed by atoms with E-state index in [1.165, 1.54) is 178 Å². The van der Waals surface area contributed by atoms with Crippen LogP contribution in [0.3, 0.4) is 0 Å². The van der Waals surface area contributed by atoms with Gasteiger partial charge in [0.1, 0.15) is 0 Å². The van der Waals surface area contributed by atoms with Crippen LogP contribution in [0.15, 0.2) is 218 Å². The molecule has 0 spiro atoms. The van der Waals surface area contributed by atoms with Crippen molar-refractivity contribution in [2.24, 2.45) is 0 Å². The number of nitrogens with zero attached hydrogens (tertiary/aromatic N) is 2. The third-order valence-electron chi connectivity index (χ3n) is 23.0. The van der Waals surface area contributed by atoms with Crippen LogP contribution in [-0.2, 0) is 0 Å². The average molecular weight is 1340 g/mol. The van der Waals surface area contributed by atoms with Crippen molar-refractivity contribution in [1.29, 1.82) is 0 Å². The van der Waals surface area contributed by atoms with E-state index in [2.05, 4.69) is 339 Å². The van der Waals surface area contributed by atoms with Gasteiger partial charge in [0.05, 0.1) is 22.8 Å². The molecule has 4 heteroatoms. The lowest BCUT2D eigenvalue weighted by molar-refractivity contribution is 1.35. The van der Waals surface area contributed by atoms with Gasteiger partial charge in [0, 0.05) is 65.9 Å². The highest BCUT2D eigenvalue weighted by atomic mass is 14.8. The van der Waals surface area contributed by atoms with E-state index in [1.807, 2.05) is 0 Å². The summed E-state index contributed by atoms with van der Waals surface area (Å²) in [6.45, 7) is 36.2. The van der Waals surface area contributed by atoms with Crippen LogP contribution in [0.5, 0.6) is 0 Å². The lowest BCUT2D eigenvalue weighted by Gasteiger charge is -2.20. The van der Waals surface area contributed by atoms with Crippen molar-refractivity contribution in [2.45, 2.75) is 111 Å². The van der Waals surface area contributed by atoms with E-state index in [-0.39, 0.29) is 0 Å². The second-order valence-corrected chi connectivity index (χ2v) is 30.2. The van der Waals surface area contributed by atoms with E-state index < -0.39 is 0 Å². The number of rotatable bonds is 8. The van der Waals surface area contributed by atoms with Crippen LogP contribution in [0, 0.1) is 111 Å². The Balaban J connectivity index is 1.10. The number of H-pyrrole nitrogens is 2. The topological polar surface area (TPSA) is 57.4 Å². The van der Waals surface area contributed by atoms with Gasteiger partial charge in [-0.3, -0.25) is 0 Å². The van der Waals surface area contributed by atoms with E-state index in [0.717, 1.165) is 88.6 Å². The van der Waals surface area contributed by atoms with Crippen molar-refractivity contribution in [3.05, 3.63) is 307 Å². The van der Waals surface area contributed by atoms with Crippen LogP contribution in [0.2, 0.25) is 0 Å². The maximum Gasteiger partial charge on any atom is 0.0737 e. The molecule has 4 nitrogen and oxygen atoms in total. The monoisotopic (exact) mass is 1340 g/mol. The first-order valence-corrected chi connectivity index (χ1v) is 36.8. The quantitative estimate of drug-likeness (QED) is 0.159. The van der Waals surface area contributed by atoms with E-state index in [1.54, 1.807) is 0 Å². The maximum absolute atomic E-state index is 6.03. The summed E-state index contributed by atoms with van der Waals surface area (Å²) < 4.78 is 0. The molecule has 506 valence electrons. The largest absolute Gasteiger partial charge is 0.354 e. The Labute approximate surface area is 611 Å². The zero-order valence-corrected chi connectivity index (χ0v) is 62.7. The van der Waals surface area contributed by atoms with Crippen molar-refractivity contribution in [3.8, 4) is 134 Å². The highest BCUT2D eigenvalue weighted by Crippen LogP contribution is 2.52. The molecule has 15 aromatic rings. The number of nitrogens with one attached hydrogen (secondary N) is 2. The third kappa shape index (κ3) is 10.6. The van der Waals surface area contributed by atoms with Gasteiger partial charge in [0.25, 0.3) is 0 Å². The van der Waals surface area contributed by atoms with E-state index in [4.69, 9.17) is 9.97 Å².